The minimum atomic E-state index is -0.233. The van der Waals surface area contributed by atoms with E-state index in [0.29, 0.717) is 16.0 Å². The molecule has 0 radical (unpaired) electrons. The largest absolute Gasteiger partial charge is 0.310 e. The van der Waals surface area contributed by atoms with Crippen LogP contribution in [0, 0.1) is 0 Å². The molecule has 2 aromatic heterocycles. The molecule has 2 aromatic rings. The highest BCUT2D eigenvalue weighted by molar-refractivity contribution is 6.33. The van der Waals surface area contributed by atoms with Crippen molar-refractivity contribution < 1.29 is 0 Å². The molecular weight excluding hydrogens is 282 g/mol. The SMILES string of the molecule is CNC(C)(C)c1cc2nc(Cl)cc(Cl)n2n1.Cl. The summed E-state index contributed by atoms with van der Waals surface area (Å²) in [5, 5.41) is 8.39. The van der Waals surface area contributed by atoms with E-state index < -0.39 is 0 Å². The van der Waals surface area contributed by atoms with Gasteiger partial charge in [0.25, 0.3) is 0 Å². The molecule has 0 fully saturated rings. The van der Waals surface area contributed by atoms with Crippen LogP contribution in [0.4, 0.5) is 0 Å². The molecule has 2 heterocycles. The predicted molar refractivity (Wildman–Crippen MR) is 72.3 cm³/mol. The average molecular weight is 296 g/mol. The van der Waals surface area contributed by atoms with Crippen LogP contribution in [0.2, 0.25) is 10.3 Å². The second kappa shape index (κ2) is 4.98. The summed E-state index contributed by atoms with van der Waals surface area (Å²) >= 11 is 11.9. The van der Waals surface area contributed by atoms with Crippen molar-refractivity contribution in [1.29, 1.82) is 0 Å². The minimum Gasteiger partial charge on any atom is -0.310 e. The Labute approximate surface area is 116 Å². The number of aromatic nitrogens is 3. The van der Waals surface area contributed by atoms with Gasteiger partial charge >= 0.3 is 0 Å². The Balaban J connectivity index is 0.00000144. The fourth-order valence-corrected chi connectivity index (χ4v) is 1.82. The lowest BCUT2D eigenvalue weighted by Crippen LogP contribution is -2.33. The summed E-state index contributed by atoms with van der Waals surface area (Å²) in [7, 11) is 1.88. The number of rotatable bonds is 2. The maximum Gasteiger partial charge on any atom is 0.158 e. The monoisotopic (exact) mass is 294 g/mol. The Bertz CT molecular complexity index is 536. The van der Waals surface area contributed by atoms with E-state index in [4.69, 9.17) is 23.2 Å². The topological polar surface area (TPSA) is 42.2 Å². The second-order valence-electron chi connectivity index (χ2n) is 4.08. The summed E-state index contributed by atoms with van der Waals surface area (Å²) in [5.74, 6) is 0. The third kappa shape index (κ3) is 2.65. The highest BCUT2D eigenvalue weighted by Crippen LogP contribution is 2.22. The zero-order valence-electron chi connectivity index (χ0n) is 9.66. The van der Waals surface area contributed by atoms with Gasteiger partial charge in [0, 0.05) is 12.1 Å². The first-order valence-electron chi connectivity index (χ1n) is 4.85. The van der Waals surface area contributed by atoms with Gasteiger partial charge in [0.2, 0.25) is 0 Å². The molecule has 0 aliphatic rings. The Morgan fingerprint density at radius 1 is 1.29 bits per heavy atom. The first-order chi connectivity index (χ1) is 7.44. The fraction of sp³-hybridized carbons (Fsp3) is 0.400. The van der Waals surface area contributed by atoms with Gasteiger partial charge in [-0.15, -0.1) is 12.4 Å². The van der Waals surface area contributed by atoms with E-state index in [9.17, 15) is 0 Å². The first-order valence-corrected chi connectivity index (χ1v) is 5.61. The van der Waals surface area contributed by atoms with Crippen molar-refractivity contribution in [2.45, 2.75) is 19.4 Å². The molecule has 0 atom stereocenters. The molecule has 0 amide bonds. The fourth-order valence-electron chi connectivity index (χ4n) is 1.34. The number of hydrogen-bond donors (Lipinski definition) is 1. The van der Waals surface area contributed by atoms with Crippen LogP contribution in [0.15, 0.2) is 12.1 Å². The molecule has 7 heteroatoms. The predicted octanol–water partition coefficient (Wildman–Crippen LogP) is 2.91. The van der Waals surface area contributed by atoms with Crippen molar-refractivity contribution in [3.8, 4) is 0 Å². The normalized spacial score (nSPS) is 11.6. The highest BCUT2D eigenvalue weighted by Gasteiger charge is 2.22. The average Bonchev–Trinajstić information content (AvgIpc) is 2.62. The molecule has 2 rings (SSSR count). The summed E-state index contributed by atoms with van der Waals surface area (Å²) in [6.07, 6.45) is 0. The van der Waals surface area contributed by atoms with E-state index in [2.05, 4.69) is 15.4 Å². The van der Waals surface area contributed by atoms with Gasteiger partial charge in [-0.3, -0.25) is 0 Å². The van der Waals surface area contributed by atoms with Gasteiger partial charge < -0.3 is 5.32 Å². The summed E-state index contributed by atoms with van der Waals surface area (Å²) in [6, 6.07) is 3.44. The van der Waals surface area contributed by atoms with Gasteiger partial charge in [-0.05, 0) is 20.9 Å². The Morgan fingerprint density at radius 3 is 2.53 bits per heavy atom. The van der Waals surface area contributed by atoms with Crippen molar-refractivity contribution in [3.63, 3.8) is 0 Å². The summed E-state index contributed by atoms with van der Waals surface area (Å²) in [5.41, 5.74) is 1.28. The third-order valence-corrected chi connectivity index (χ3v) is 3.08. The van der Waals surface area contributed by atoms with Gasteiger partial charge in [-0.1, -0.05) is 23.2 Å². The molecule has 0 spiro atoms. The van der Waals surface area contributed by atoms with Crippen molar-refractivity contribution in [2.75, 3.05) is 7.05 Å². The van der Waals surface area contributed by atoms with Crippen molar-refractivity contribution in [1.82, 2.24) is 19.9 Å². The molecular formula is C10H13Cl3N4. The Hall–Kier alpha value is -0.550. The maximum atomic E-state index is 6.02. The summed E-state index contributed by atoms with van der Waals surface area (Å²) < 4.78 is 1.57. The second-order valence-corrected chi connectivity index (χ2v) is 4.85. The van der Waals surface area contributed by atoms with Gasteiger partial charge in [0.05, 0.1) is 11.2 Å². The molecule has 17 heavy (non-hydrogen) atoms. The molecule has 0 saturated carbocycles. The smallest absolute Gasteiger partial charge is 0.158 e. The number of nitrogens with one attached hydrogen (secondary N) is 1. The number of hydrogen-bond acceptors (Lipinski definition) is 3. The van der Waals surface area contributed by atoms with E-state index >= 15 is 0 Å². The van der Waals surface area contributed by atoms with Crippen LogP contribution in [-0.4, -0.2) is 21.6 Å². The minimum absolute atomic E-state index is 0. The molecule has 0 unspecified atom stereocenters. The van der Waals surface area contributed by atoms with E-state index in [1.165, 1.54) is 0 Å². The Morgan fingerprint density at radius 2 is 1.94 bits per heavy atom. The molecule has 0 bridgehead atoms. The van der Waals surface area contributed by atoms with Crippen molar-refractivity contribution in [3.05, 3.63) is 28.1 Å². The van der Waals surface area contributed by atoms with Gasteiger partial charge in [0.15, 0.2) is 5.65 Å². The van der Waals surface area contributed by atoms with E-state index in [-0.39, 0.29) is 17.9 Å². The number of nitrogens with zero attached hydrogens (tertiary/aromatic N) is 3. The molecule has 94 valence electrons. The molecule has 4 nitrogen and oxygen atoms in total. The van der Waals surface area contributed by atoms with Crippen LogP contribution < -0.4 is 5.32 Å². The number of fused-ring (bicyclic) bond motifs is 1. The quantitative estimate of drug-likeness (QED) is 0.866. The first kappa shape index (κ1) is 14.5. The molecule has 0 aliphatic carbocycles. The van der Waals surface area contributed by atoms with Crippen LogP contribution in [-0.2, 0) is 5.54 Å². The van der Waals surface area contributed by atoms with E-state index in [1.54, 1.807) is 10.6 Å². The standard InChI is InChI=1S/C10H12Cl2N4.ClH/c1-10(2,13-3)6-4-9-14-7(11)5-8(12)16(9)15-6;/h4-5,13H,1-3H3;1H. The van der Waals surface area contributed by atoms with Gasteiger partial charge in [-0.2, -0.15) is 5.10 Å². The van der Waals surface area contributed by atoms with Gasteiger partial charge in [0.1, 0.15) is 10.3 Å². The summed E-state index contributed by atoms with van der Waals surface area (Å²) in [6.45, 7) is 4.06. The lowest BCUT2D eigenvalue weighted by Gasteiger charge is -2.20. The maximum absolute atomic E-state index is 6.02. The van der Waals surface area contributed by atoms with Crippen LogP contribution in [0.1, 0.15) is 19.5 Å². The lowest BCUT2D eigenvalue weighted by atomic mass is 10.0. The number of halogens is 3. The zero-order chi connectivity index (χ0) is 11.9. The summed E-state index contributed by atoms with van der Waals surface area (Å²) in [4.78, 5) is 4.16. The Kier molecular flexibility index (Phi) is 4.25. The van der Waals surface area contributed by atoms with Crippen LogP contribution in [0.5, 0.6) is 0 Å². The van der Waals surface area contributed by atoms with Crippen molar-refractivity contribution in [2.24, 2.45) is 0 Å². The molecule has 0 saturated heterocycles. The van der Waals surface area contributed by atoms with Gasteiger partial charge in [-0.25, -0.2) is 9.50 Å². The van der Waals surface area contributed by atoms with Crippen LogP contribution >= 0.6 is 35.6 Å². The van der Waals surface area contributed by atoms with Crippen LogP contribution in [0.25, 0.3) is 5.65 Å². The molecule has 0 aromatic carbocycles. The zero-order valence-corrected chi connectivity index (χ0v) is 12.0. The molecule has 1 N–H and O–H groups in total. The van der Waals surface area contributed by atoms with E-state index in [1.807, 2.05) is 27.0 Å². The highest BCUT2D eigenvalue weighted by atomic mass is 35.5. The van der Waals surface area contributed by atoms with Crippen molar-refractivity contribution >= 4 is 41.3 Å². The van der Waals surface area contributed by atoms with Crippen LogP contribution in [0.3, 0.4) is 0 Å². The third-order valence-electron chi connectivity index (χ3n) is 2.62. The molecule has 0 aliphatic heterocycles. The van der Waals surface area contributed by atoms with E-state index in [0.717, 1.165) is 5.69 Å². The lowest BCUT2D eigenvalue weighted by molar-refractivity contribution is 0.429.